The second kappa shape index (κ2) is 3.71. The van der Waals surface area contributed by atoms with Crippen LogP contribution in [-0.2, 0) is 7.05 Å². The first kappa shape index (κ1) is 9.68. The van der Waals surface area contributed by atoms with Crippen LogP contribution in [0.1, 0.15) is 0 Å². The molecule has 0 saturated heterocycles. The van der Waals surface area contributed by atoms with Gasteiger partial charge in [-0.3, -0.25) is 0 Å². The van der Waals surface area contributed by atoms with E-state index in [0.717, 1.165) is 5.56 Å². The molecule has 5 heteroatoms. The molecule has 0 unspecified atom stereocenters. The summed E-state index contributed by atoms with van der Waals surface area (Å²) in [7, 11) is 1.82. The number of hydrogen-bond acceptors (Lipinski definition) is 2. The molecule has 2 rings (SSSR count). The number of halogens is 2. The van der Waals surface area contributed by atoms with Crippen molar-refractivity contribution in [2.75, 3.05) is 0 Å². The van der Waals surface area contributed by atoms with E-state index in [1.54, 1.807) is 4.68 Å². The van der Waals surface area contributed by atoms with Crippen LogP contribution < -0.4 is 0 Å². The van der Waals surface area contributed by atoms with Crippen LogP contribution in [0.5, 0.6) is 0 Å². The van der Waals surface area contributed by atoms with Gasteiger partial charge in [-0.1, -0.05) is 23.7 Å². The second-order valence-electron chi connectivity index (χ2n) is 2.81. The highest BCUT2D eigenvalue weighted by atomic mass is 79.9. The summed E-state index contributed by atoms with van der Waals surface area (Å²) in [5.41, 5.74) is 0.843. The van der Waals surface area contributed by atoms with Crippen molar-refractivity contribution < 1.29 is 0 Å². The molecule has 0 saturated carbocycles. The maximum atomic E-state index is 6.02. The van der Waals surface area contributed by atoms with E-state index in [9.17, 15) is 0 Å². The minimum Gasteiger partial charge on any atom is -0.243 e. The Balaban J connectivity index is 2.55. The molecule has 1 aromatic heterocycles. The molecule has 0 amide bonds. The van der Waals surface area contributed by atoms with Gasteiger partial charge in [-0.15, -0.1) is 0 Å². The predicted molar refractivity (Wildman–Crippen MR) is 59.1 cm³/mol. The summed E-state index contributed by atoms with van der Waals surface area (Å²) in [6.45, 7) is 0. The first-order valence-electron chi connectivity index (χ1n) is 4.00. The molecule has 0 aliphatic rings. The Kier molecular flexibility index (Phi) is 2.56. The Hall–Kier alpha value is -0.870. The molecule has 3 nitrogen and oxygen atoms in total. The van der Waals surface area contributed by atoms with Gasteiger partial charge in [0.2, 0.25) is 0 Å². The van der Waals surface area contributed by atoms with Crippen LogP contribution >= 0.6 is 27.5 Å². The minimum atomic E-state index is 0.630. The van der Waals surface area contributed by atoms with Gasteiger partial charge in [-0.25, -0.2) is 9.67 Å². The van der Waals surface area contributed by atoms with Crippen molar-refractivity contribution in [3.8, 4) is 11.4 Å². The van der Waals surface area contributed by atoms with Crippen molar-refractivity contribution in [1.82, 2.24) is 14.8 Å². The van der Waals surface area contributed by atoms with Crippen LogP contribution in [0.4, 0.5) is 0 Å². The Bertz CT molecular complexity index is 447. The van der Waals surface area contributed by atoms with Gasteiger partial charge in [0.15, 0.2) is 10.6 Å². The third kappa shape index (κ3) is 1.67. The Morgan fingerprint density at radius 3 is 2.64 bits per heavy atom. The topological polar surface area (TPSA) is 30.7 Å². The van der Waals surface area contributed by atoms with Gasteiger partial charge in [0.05, 0.1) is 5.02 Å². The third-order valence-corrected chi connectivity index (χ3v) is 2.84. The molecular weight excluding hydrogens is 265 g/mol. The molecule has 72 valence electrons. The Labute approximate surface area is 94.9 Å². The molecule has 0 bridgehead atoms. The number of hydrogen-bond donors (Lipinski definition) is 0. The van der Waals surface area contributed by atoms with Crippen molar-refractivity contribution in [2.24, 2.45) is 7.05 Å². The van der Waals surface area contributed by atoms with Gasteiger partial charge in [-0.2, -0.15) is 5.10 Å². The largest absolute Gasteiger partial charge is 0.243 e. The van der Waals surface area contributed by atoms with Gasteiger partial charge in [0, 0.05) is 12.6 Å². The maximum absolute atomic E-state index is 6.02. The molecule has 0 aliphatic carbocycles. The quantitative estimate of drug-likeness (QED) is 0.799. The van der Waals surface area contributed by atoms with Crippen LogP contribution in [0.3, 0.4) is 0 Å². The van der Waals surface area contributed by atoms with E-state index >= 15 is 0 Å². The van der Waals surface area contributed by atoms with Gasteiger partial charge in [0.1, 0.15) is 0 Å². The number of aromatic nitrogens is 3. The van der Waals surface area contributed by atoms with Crippen molar-refractivity contribution in [3.63, 3.8) is 0 Å². The van der Waals surface area contributed by atoms with Crippen molar-refractivity contribution in [1.29, 1.82) is 0 Å². The zero-order chi connectivity index (χ0) is 10.1. The molecular formula is C9H7BrClN3. The lowest BCUT2D eigenvalue weighted by Gasteiger charge is -1.96. The highest BCUT2D eigenvalue weighted by Crippen LogP contribution is 2.25. The van der Waals surface area contributed by atoms with E-state index in [0.29, 0.717) is 15.6 Å². The first-order valence-corrected chi connectivity index (χ1v) is 5.17. The highest BCUT2D eigenvalue weighted by Gasteiger charge is 2.09. The van der Waals surface area contributed by atoms with Crippen LogP contribution in [-0.4, -0.2) is 14.8 Å². The number of nitrogens with zero attached hydrogens (tertiary/aromatic N) is 3. The lowest BCUT2D eigenvalue weighted by atomic mass is 10.2. The monoisotopic (exact) mass is 271 g/mol. The molecule has 2 aromatic rings. The molecule has 0 radical (unpaired) electrons. The highest BCUT2D eigenvalue weighted by molar-refractivity contribution is 9.10. The Morgan fingerprint density at radius 2 is 2.07 bits per heavy atom. The predicted octanol–water partition coefficient (Wildman–Crippen LogP) is 2.90. The van der Waals surface area contributed by atoms with Crippen LogP contribution in [0.25, 0.3) is 11.4 Å². The van der Waals surface area contributed by atoms with Crippen molar-refractivity contribution in [2.45, 2.75) is 0 Å². The van der Waals surface area contributed by atoms with Crippen molar-refractivity contribution >= 4 is 27.5 Å². The molecule has 1 aromatic carbocycles. The summed E-state index contributed by atoms with van der Waals surface area (Å²) in [5.74, 6) is 0.630. The van der Waals surface area contributed by atoms with Gasteiger partial charge in [-0.05, 0) is 28.1 Å². The fourth-order valence-corrected chi connectivity index (χ4v) is 1.59. The summed E-state index contributed by atoms with van der Waals surface area (Å²) in [5, 5.41) is 4.87. The van der Waals surface area contributed by atoms with E-state index in [1.807, 2.05) is 31.3 Å². The number of rotatable bonds is 1. The standard InChI is InChI=1S/C9H7BrClN3/c1-14-9(10)12-8(13-14)6-4-2-3-5-7(6)11/h2-5H,1H3. The molecule has 0 spiro atoms. The zero-order valence-electron chi connectivity index (χ0n) is 7.41. The normalized spacial score (nSPS) is 10.5. The average Bonchev–Trinajstić information content (AvgIpc) is 2.48. The number of aryl methyl sites for hydroxylation is 1. The SMILES string of the molecule is Cn1nc(-c2ccccc2Cl)nc1Br. The summed E-state index contributed by atoms with van der Waals surface area (Å²) < 4.78 is 2.34. The van der Waals surface area contributed by atoms with E-state index in [2.05, 4.69) is 26.0 Å². The summed E-state index contributed by atoms with van der Waals surface area (Å²) >= 11 is 9.30. The average molecular weight is 273 g/mol. The maximum Gasteiger partial charge on any atom is 0.195 e. The van der Waals surface area contributed by atoms with E-state index in [4.69, 9.17) is 11.6 Å². The molecule has 0 fully saturated rings. The van der Waals surface area contributed by atoms with Crippen molar-refractivity contribution in [3.05, 3.63) is 34.0 Å². The lowest BCUT2D eigenvalue weighted by Crippen LogP contribution is -1.90. The fraction of sp³-hybridized carbons (Fsp3) is 0.111. The first-order chi connectivity index (χ1) is 6.68. The summed E-state index contributed by atoms with van der Waals surface area (Å²) in [6.07, 6.45) is 0. The molecule has 0 atom stereocenters. The van der Waals surface area contributed by atoms with E-state index in [1.165, 1.54) is 0 Å². The van der Waals surface area contributed by atoms with Crippen LogP contribution in [0.2, 0.25) is 5.02 Å². The zero-order valence-corrected chi connectivity index (χ0v) is 9.75. The third-order valence-electron chi connectivity index (χ3n) is 1.82. The van der Waals surface area contributed by atoms with Gasteiger partial charge in [0.25, 0.3) is 0 Å². The molecule has 0 aliphatic heterocycles. The number of benzene rings is 1. The van der Waals surface area contributed by atoms with Crippen LogP contribution in [0, 0.1) is 0 Å². The minimum absolute atomic E-state index is 0.630. The summed E-state index contributed by atoms with van der Waals surface area (Å²) in [4.78, 5) is 4.23. The van der Waals surface area contributed by atoms with E-state index < -0.39 is 0 Å². The van der Waals surface area contributed by atoms with Crippen LogP contribution in [0.15, 0.2) is 29.0 Å². The van der Waals surface area contributed by atoms with E-state index in [-0.39, 0.29) is 0 Å². The van der Waals surface area contributed by atoms with Gasteiger partial charge >= 0.3 is 0 Å². The summed E-state index contributed by atoms with van der Waals surface area (Å²) in [6, 6.07) is 7.50. The van der Waals surface area contributed by atoms with Gasteiger partial charge < -0.3 is 0 Å². The molecule has 1 heterocycles. The molecule has 14 heavy (non-hydrogen) atoms. The Morgan fingerprint density at radius 1 is 1.36 bits per heavy atom. The second-order valence-corrected chi connectivity index (χ2v) is 3.92. The lowest BCUT2D eigenvalue weighted by molar-refractivity contribution is 0.747. The smallest absolute Gasteiger partial charge is 0.195 e. The fourth-order valence-electron chi connectivity index (χ4n) is 1.12. The molecule has 0 N–H and O–H groups in total.